The topological polar surface area (TPSA) is 17.1 Å². The van der Waals surface area contributed by atoms with E-state index in [1.165, 1.54) is 12.1 Å². The summed E-state index contributed by atoms with van der Waals surface area (Å²) in [6.45, 7) is 3.52. The minimum Gasteiger partial charge on any atom is -0.295 e. The third-order valence-electron chi connectivity index (χ3n) is 2.80. The van der Waals surface area contributed by atoms with E-state index in [9.17, 15) is 9.18 Å². The molecule has 0 fully saturated rings. The lowest BCUT2D eigenvalue weighted by molar-refractivity contribution is 0.101. The molecule has 0 aliphatic carbocycles. The van der Waals surface area contributed by atoms with Gasteiger partial charge in [-0.2, -0.15) is 0 Å². The smallest absolute Gasteiger partial charge is 0.159 e. The van der Waals surface area contributed by atoms with Crippen LogP contribution in [0.5, 0.6) is 0 Å². The first-order chi connectivity index (χ1) is 8.08. The predicted octanol–water partition coefficient (Wildman–Crippen LogP) is 4.00. The van der Waals surface area contributed by atoms with Gasteiger partial charge in [0.25, 0.3) is 0 Å². The molecule has 1 nitrogen and oxygen atoms in total. The molecule has 0 bridgehead atoms. The first-order valence-corrected chi connectivity index (χ1v) is 5.45. The Bertz CT molecular complexity index is 556. The number of Topliss-reactive ketones (excluding diaryl/α,β-unsaturated/α-hetero) is 1. The number of hydrogen-bond acceptors (Lipinski definition) is 1. The third kappa shape index (κ3) is 2.41. The van der Waals surface area contributed by atoms with Crippen LogP contribution >= 0.6 is 0 Å². The van der Waals surface area contributed by atoms with Gasteiger partial charge in [-0.3, -0.25) is 4.79 Å². The summed E-state index contributed by atoms with van der Waals surface area (Å²) in [4.78, 5) is 11.3. The highest BCUT2D eigenvalue weighted by Gasteiger charge is 2.06. The second-order valence-corrected chi connectivity index (χ2v) is 4.09. The molecule has 2 heteroatoms. The van der Waals surface area contributed by atoms with E-state index in [0.29, 0.717) is 5.56 Å². The SMILES string of the molecule is CC(=O)c1ccc(C)c(-c2ccc(F)cc2)c1. The Balaban J connectivity index is 2.54. The molecule has 0 aromatic heterocycles. The van der Waals surface area contributed by atoms with Crippen molar-refractivity contribution >= 4 is 5.78 Å². The van der Waals surface area contributed by atoms with Crippen molar-refractivity contribution < 1.29 is 9.18 Å². The van der Waals surface area contributed by atoms with E-state index in [2.05, 4.69) is 0 Å². The molecular weight excluding hydrogens is 215 g/mol. The summed E-state index contributed by atoms with van der Waals surface area (Å²) in [6.07, 6.45) is 0. The lowest BCUT2D eigenvalue weighted by Crippen LogP contribution is -1.94. The lowest BCUT2D eigenvalue weighted by atomic mass is 9.97. The van der Waals surface area contributed by atoms with Gasteiger partial charge in [0.2, 0.25) is 0 Å². The molecular formula is C15H13FO. The summed E-state index contributed by atoms with van der Waals surface area (Å²) in [5.74, 6) is -0.220. The zero-order valence-electron chi connectivity index (χ0n) is 9.83. The molecule has 0 aliphatic heterocycles. The second-order valence-electron chi connectivity index (χ2n) is 4.09. The molecule has 0 radical (unpaired) electrons. The summed E-state index contributed by atoms with van der Waals surface area (Å²) in [5.41, 5.74) is 3.64. The maximum absolute atomic E-state index is 12.9. The molecule has 2 aromatic rings. The number of benzene rings is 2. The molecule has 0 spiro atoms. The Hall–Kier alpha value is -1.96. The fourth-order valence-corrected chi connectivity index (χ4v) is 1.78. The Morgan fingerprint density at radius 2 is 1.71 bits per heavy atom. The van der Waals surface area contributed by atoms with Gasteiger partial charge in [0.1, 0.15) is 5.82 Å². The van der Waals surface area contributed by atoms with Gasteiger partial charge in [0.15, 0.2) is 5.78 Å². The van der Waals surface area contributed by atoms with E-state index in [-0.39, 0.29) is 11.6 Å². The van der Waals surface area contributed by atoms with Crippen molar-refractivity contribution in [3.05, 3.63) is 59.4 Å². The van der Waals surface area contributed by atoms with Crippen molar-refractivity contribution in [2.75, 3.05) is 0 Å². The fraction of sp³-hybridized carbons (Fsp3) is 0.133. The largest absolute Gasteiger partial charge is 0.295 e. The Morgan fingerprint density at radius 1 is 1.06 bits per heavy atom. The number of hydrogen-bond donors (Lipinski definition) is 0. The molecule has 0 aliphatic rings. The van der Waals surface area contributed by atoms with Gasteiger partial charge in [-0.15, -0.1) is 0 Å². The van der Waals surface area contributed by atoms with E-state index in [1.807, 2.05) is 25.1 Å². The molecule has 0 atom stereocenters. The Labute approximate surface area is 99.9 Å². The van der Waals surface area contributed by atoms with Crippen molar-refractivity contribution in [2.24, 2.45) is 0 Å². The molecule has 86 valence electrons. The van der Waals surface area contributed by atoms with Gasteiger partial charge in [-0.1, -0.05) is 24.3 Å². The van der Waals surface area contributed by atoms with E-state index in [4.69, 9.17) is 0 Å². The normalized spacial score (nSPS) is 10.3. The predicted molar refractivity (Wildman–Crippen MR) is 66.6 cm³/mol. The summed E-state index contributed by atoms with van der Waals surface area (Å²) in [5, 5.41) is 0. The lowest BCUT2D eigenvalue weighted by Gasteiger charge is -2.07. The molecule has 0 saturated heterocycles. The minimum absolute atomic E-state index is 0.0355. The maximum Gasteiger partial charge on any atom is 0.159 e. The van der Waals surface area contributed by atoms with Crippen LogP contribution in [0.1, 0.15) is 22.8 Å². The van der Waals surface area contributed by atoms with Crippen molar-refractivity contribution in [3.8, 4) is 11.1 Å². The minimum atomic E-state index is -0.255. The van der Waals surface area contributed by atoms with Crippen molar-refractivity contribution in [1.29, 1.82) is 0 Å². The van der Waals surface area contributed by atoms with Crippen LogP contribution in [0.15, 0.2) is 42.5 Å². The summed E-state index contributed by atoms with van der Waals surface area (Å²) >= 11 is 0. The van der Waals surface area contributed by atoms with Crippen LogP contribution in [0.25, 0.3) is 11.1 Å². The molecule has 0 heterocycles. The average Bonchev–Trinajstić information content (AvgIpc) is 2.31. The molecule has 0 unspecified atom stereocenters. The number of ketones is 1. The number of carbonyl (C=O) groups excluding carboxylic acids is 1. The van der Waals surface area contributed by atoms with Gasteiger partial charge in [-0.05, 0) is 48.7 Å². The van der Waals surface area contributed by atoms with Crippen molar-refractivity contribution in [3.63, 3.8) is 0 Å². The van der Waals surface area contributed by atoms with Crippen LogP contribution in [0.2, 0.25) is 0 Å². The first-order valence-electron chi connectivity index (χ1n) is 5.45. The van der Waals surface area contributed by atoms with Crippen LogP contribution in [0, 0.1) is 12.7 Å². The fourth-order valence-electron chi connectivity index (χ4n) is 1.78. The molecule has 2 rings (SSSR count). The molecule has 2 aromatic carbocycles. The second kappa shape index (κ2) is 4.50. The zero-order chi connectivity index (χ0) is 12.4. The first kappa shape index (κ1) is 11.5. The van der Waals surface area contributed by atoms with Crippen molar-refractivity contribution in [2.45, 2.75) is 13.8 Å². The third-order valence-corrected chi connectivity index (χ3v) is 2.80. The molecule has 0 amide bonds. The highest BCUT2D eigenvalue weighted by atomic mass is 19.1. The summed E-state index contributed by atoms with van der Waals surface area (Å²) in [6, 6.07) is 11.9. The molecule has 0 N–H and O–H groups in total. The van der Waals surface area contributed by atoms with E-state index in [0.717, 1.165) is 16.7 Å². The number of carbonyl (C=O) groups is 1. The van der Waals surface area contributed by atoms with E-state index >= 15 is 0 Å². The highest BCUT2D eigenvalue weighted by Crippen LogP contribution is 2.25. The van der Waals surface area contributed by atoms with Crippen LogP contribution in [0.3, 0.4) is 0 Å². The molecule has 17 heavy (non-hydrogen) atoms. The van der Waals surface area contributed by atoms with Crippen LogP contribution in [-0.4, -0.2) is 5.78 Å². The van der Waals surface area contributed by atoms with Crippen LogP contribution < -0.4 is 0 Å². The Kier molecular flexibility index (Phi) is 3.05. The van der Waals surface area contributed by atoms with Gasteiger partial charge >= 0.3 is 0 Å². The van der Waals surface area contributed by atoms with E-state index < -0.39 is 0 Å². The van der Waals surface area contributed by atoms with E-state index in [1.54, 1.807) is 19.1 Å². The van der Waals surface area contributed by atoms with Crippen LogP contribution in [-0.2, 0) is 0 Å². The highest BCUT2D eigenvalue weighted by molar-refractivity contribution is 5.95. The monoisotopic (exact) mass is 228 g/mol. The number of aryl methyl sites for hydroxylation is 1. The van der Waals surface area contributed by atoms with Gasteiger partial charge in [0.05, 0.1) is 0 Å². The Morgan fingerprint density at radius 3 is 2.29 bits per heavy atom. The standard InChI is InChI=1S/C15H13FO/c1-10-3-4-13(11(2)17)9-15(10)12-5-7-14(16)8-6-12/h3-9H,1-2H3. The quantitative estimate of drug-likeness (QED) is 0.710. The van der Waals surface area contributed by atoms with Gasteiger partial charge < -0.3 is 0 Å². The number of rotatable bonds is 2. The summed E-state index contributed by atoms with van der Waals surface area (Å²) in [7, 11) is 0. The van der Waals surface area contributed by atoms with Crippen LogP contribution in [0.4, 0.5) is 4.39 Å². The van der Waals surface area contributed by atoms with Gasteiger partial charge in [0, 0.05) is 5.56 Å². The number of halogens is 1. The zero-order valence-corrected chi connectivity index (χ0v) is 9.83. The summed E-state index contributed by atoms with van der Waals surface area (Å²) < 4.78 is 12.9. The average molecular weight is 228 g/mol. The van der Waals surface area contributed by atoms with Crippen molar-refractivity contribution in [1.82, 2.24) is 0 Å². The van der Waals surface area contributed by atoms with Gasteiger partial charge in [-0.25, -0.2) is 4.39 Å². The maximum atomic E-state index is 12.9. The molecule has 0 saturated carbocycles.